The number of carbonyl (C=O) groups excluding carboxylic acids is 2. The van der Waals surface area contributed by atoms with E-state index in [1.54, 1.807) is 37.3 Å². The molecule has 0 bridgehead atoms. The maximum atomic E-state index is 13.8. The largest absolute Gasteiger partial charge is 0.357 e. The van der Waals surface area contributed by atoms with Crippen molar-refractivity contribution in [3.63, 3.8) is 0 Å². The highest BCUT2D eigenvalue weighted by Crippen LogP contribution is 2.29. The van der Waals surface area contributed by atoms with E-state index in [0.29, 0.717) is 5.69 Å². The number of hydrogen-bond acceptors (Lipinski definition) is 4. The zero-order valence-electron chi connectivity index (χ0n) is 21.4. The van der Waals surface area contributed by atoms with E-state index in [2.05, 4.69) is 5.32 Å². The van der Waals surface area contributed by atoms with Gasteiger partial charge in [0.1, 0.15) is 12.6 Å². The summed E-state index contributed by atoms with van der Waals surface area (Å²) >= 11 is 0. The van der Waals surface area contributed by atoms with Gasteiger partial charge in [-0.05, 0) is 68.1 Å². The maximum Gasteiger partial charge on any atom is 0.264 e. The van der Waals surface area contributed by atoms with Crippen molar-refractivity contribution in [3.8, 4) is 0 Å². The Morgan fingerprint density at radius 3 is 2.11 bits per heavy atom. The first-order valence-electron chi connectivity index (χ1n) is 11.8. The summed E-state index contributed by atoms with van der Waals surface area (Å²) in [5.41, 5.74) is 3.95. The molecule has 7 nitrogen and oxygen atoms in total. The van der Waals surface area contributed by atoms with E-state index in [0.717, 1.165) is 26.6 Å². The van der Waals surface area contributed by atoms with Crippen LogP contribution >= 0.6 is 0 Å². The minimum absolute atomic E-state index is 0.0866. The lowest BCUT2D eigenvalue weighted by molar-refractivity contribution is -0.139. The molecule has 0 spiro atoms. The smallest absolute Gasteiger partial charge is 0.264 e. The molecule has 3 rings (SSSR count). The Labute approximate surface area is 213 Å². The molecule has 1 N–H and O–H groups in total. The monoisotopic (exact) mass is 507 g/mol. The van der Waals surface area contributed by atoms with Gasteiger partial charge in [-0.15, -0.1) is 0 Å². The average Bonchev–Trinajstić information content (AvgIpc) is 2.88. The van der Waals surface area contributed by atoms with Crippen LogP contribution in [0.4, 0.5) is 5.69 Å². The number of nitrogens with zero attached hydrogens (tertiary/aromatic N) is 2. The molecule has 0 aromatic heterocycles. The summed E-state index contributed by atoms with van der Waals surface area (Å²) in [6.45, 7) is 7.03. The second kappa shape index (κ2) is 11.4. The van der Waals surface area contributed by atoms with Crippen molar-refractivity contribution in [2.24, 2.45) is 0 Å². The quantitative estimate of drug-likeness (QED) is 0.475. The third-order valence-electron chi connectivity index (χ3n) is 6.47. The van der Waals surface area contributed by atoms with Gasteiger partial charge in [-0.1, -0.05) is 54.6 Å². The second-order valence-corrected chi connectivity index (χ2v) is 10.6. The molecule has 0 fully saturated rings. The van der Waals surface area contributed by atoms with Crippen molar-refractivity contribution in [1.29, 1.82) is 0 Å². The standard InChI is InChI=1S/C28H33N3O4S/c1-20-13-11-17-26(22(20)3)31(36(34,35)25-15-7-6-8-16-25)19-27(32)30(23(4)28(33)29-5)18-24-14-10-9-12-21(24)2/h6-17,23H,18-19H2,1-5H3,(H,29,33)/t23-/m1/s1. The fourth-order valence-electron chi connectivity index (χ4n) is 4.00. The number of likely N-dealkylation sites (N-methyl/N-ethyl adjacent to an activating group) is 1. The molecule has 0 radical (unpaired) electrons. The normalized spacial score (nSPS) is 12.0. The number of aryl methyl sites for hydroxylation is 2. The number of nitrogens with one attached hydrogen (secondary N) is 1. The van der Waals surface area contributed by atoms with Crippen LogP contribution in [0.1, 0.15) is 29.2 Å². The van der Waals surface area contributed by atoms with Gasteiger partial charge in [-0.25, -0.2) is 8.42 Å². The van der Waals surface area contributed by atoms with Crippen molar-refractivity contribution in [1.82, 2.24) is 10.2 Å². The SMILES string of the molecule is CNC(=O)[C@@H](C)N(Cc1ccccc1C)C(=O)CN(c1cccc(C)c1C)S(=O)(=O)c1ccccc1. The molecule has 1 atom stereocenters. The van der Waals surface area contributed by atoms with Crippen molar-refractivity contribution < 1.29 is 18.0 Å². The Hall–Kier alpha value is -3.65. The topological polar surface area (TPSA) is 86.8 Å². The number of rotatable bonds is 9. The molecule has 0 unspecified atom stereocenters. The van der Waals surface area contributed by atoms with E-state index in [9.17, 15) is 18.0 Å². The Morgan fingerprint density at radius 1 is 0.861 bits per heavy atom. The molecule has 36 heavy (non-hydrogen) atoms. The molecule has 190 valence electrons. The van der Waals surface area contributed by atoms with Crippen molar-refractivity contribution in [3.05, 3.63) is 95.1 Å². The van der Waals surface area contributed by atoms with Gasteiger partial charge in [-0.3, -0.25) is 13.9 Å². The Bertz CT molecular complexity index is 1340. The molecule has 0 aliphatic carbocycles. The molecule has 0 saturated heterocycles. The lowest BCUT2D eigenvalue weighted by Crippen LogP contribution is -2.50. The predicted octanol–water partition coefficient (Wildman–Crippen LogP) is 3.97. The Balaban J connectivity index is 2.08. The van der Waals surface area contributed by atoms with Crippen LogP contribution in [0.25, 0.3) is 0 Å². The van der Waals surface area contributed by atoms with Crippen LogP contribution in [0.2, 0.25) is 0 Å². The molecule has 3 aromatic rings. The number of carbonyl (C=O) groups is 2. The fraction of sp³-hybridized carbons (Fsp3) is 0.286. The summed E-state index contributed by atoms with van der Waals surface area (Å²) in [5, 5.41) is 2.59. The summed E-state index contributed by atoms with van der Waals surface area (Å²) in [4.78, 5) is 27.9. The molecule has 0 aliphatic heterocycles. The summed E-state index contributed by atoms with van der Waals surface area (Å²) in [6, 6.07) is 20.2. The van der Waals surface area contributed by atoms with E-state index >= 15 is 0 Å². The van der Waals surface area contributed by atoms with Crippen LogP contribution in [-0.4, -0.2) is 44.8 Å². The third-order valence-corrected chi connectivity index (χ3v) is 8.24. The summed E-state index contributed by atoms with van der Waals surface area (Å²) in [5.74, 6) is -0.809. The molecule has 0 heterocycles. The Kier molecular flexibility index (Phi) is 8.53. The van der Waals surface area contributed by atoms with Gasteiger partial charge in [0.2, 0.25) is 11.8 Å². The summed E-state index contributed by atoms with van der Waals surface area (Å²) in [6.07, 6.45) is 0. The number of anilines is 1. The predicted molar refractivity (Wildman–Crippen MR) is 142 cm³/mol. The van der Waals surface area contributed by atoms with Gasteiger partial charge >= 0.3 is 0 Å². The number of hydrogen-bond donors (Lipinski definition) is 1. The van der Waals surface area contributed by atoms with Crippen LogP contribution in [0.3, 0.4) is 0 Å². The molecule has 3 aromatic carbocycles. The van der Waals surface area contributed by atoms with E-state index in [-0.39, 0.29) is 17.3 Å². The van der Waals surface area contributed by atoms with Gasteiger partial charge < -0.3 is 10.2 Å². The zero-order chi connectivity index (χ0) is 26.5. The molecule has 0 saturated carbocycles. The van der Waals surface area contributed by atoms with Gasteiger partial charge in [0.15, 0.2) is 0 Å². The highest BCUT2D eigenvalue weighted by Gasteiger charge is 2.33. The second-order valence-electron chi connectivity index (χ2n) is 8.78. The highest BCUT2D eigenvalue weighted by molar-refractivity contribution is 7.92. The molecule has 8 heteroatoms. The van der Waals surface area contributed by atoms with E-state index in [1.807, 2.05) is 51.1 Å². The minimum Gasteiger partial charge on any atom is -0.357 e. The molecular formula is C28H33N3O4S. The van der Waals surface area contributed by atoms with Crippen LogP contribution in [-0.2, 0) is 26.2 Å². The van der Waals surface area contributed by atoms with Crippen molar-refractivity contribution in [2.75, 3.05) is 17.9 Å². The van der Waals surface area contributed by atoms with Crippen LogP contribution in [0.5, 0.6) is 0 Å². The lowest BCUT2D eigenvalue weighted by Gasteiger charge is -2.32. The van der Waals surface area contributed by atoms with Crippen LogP contribution in [0.15, 0.2) is 77.7 Å². The van der Waals surface area contributed by atoms with Gasteiger partial charge in [-0.2, -0.15) is 0 Å². The minimum atomic E-state index is -4.07. The average molecular weight is 508 g/mol. The number of sulfonamides is 1. The van der Waals surface area contributed by atoms with Crippen molar-refractivity contribution in [2.45, 2.75) is 45.2 Å². The van der Waals surface area contributed by atoms with Gasteiger partial charge in [0.25, 0.3) is 10.0 Å². The molecule has 2 amide bonds. The first kappa shape index (κ1) is 26.9. The lowest BCUT2D eigenvalue weighted by atomic mass is 10.1. The molecular weight excluding hydrogens is 474 g/mol. The van der Waals surface area contributed by atoms with Gasteiger partial charge in [0, 0.05) is 13.6 Å². The Morgan fingerprint density at radius 2 is 1.47 bits per heavy atom. The number of amides is 2. The van der Waals surface area contributed by atoms with Crippen LogP contribution < -0.4 is 9.62 Å². The first-order chi connectivity index (χ1) is 17.1. The summed E-state index contributed by atoms with van der Waals surface area (Å²) in [7, 11) is -2.56. The van der Waals surface area contributed by atoms with Crippen molar-refractivity contribution >= 4 is 27.5 Å². The zero-order valence-corrected chi connectivity index (χ0v) is 22.2. The third kappa shape index (κ3) is 5.76. The summed E-state index contributed by atoms with van der Waals surface area (Å²) < 4.78 is 28.8. The van der Waals surface area contributed by atoms with Crippen LogP contribution in [0, 0.1) is 20.8 Å². The molecule has 0 aliphatic rings. The van der Waals surface area contributed by atoms with Gasteiger partial charge in [0.05, 0.1) is 10.6 Å². The number of benzene rings is 3. The van der Waals surface area contributed by atoms with E-state index in [4.69, 9.17) is 0 Å². The highest BCUT2D eigenvalue weighted by atomic mass is 32.2. The maximum absolute atomic E-state index is 13.8. The van der Waals surface area contributed by atoms with E-state index < -0.39 is 28.5 Å². The fourth-order valence-corrected chi connectivity index (χ4v) is 5.49. The van der Waals surface area contributed by atoms with E-state index in [1.165, 1.54) is 24.1 Å². The first-order valence-corrected chi connectivity index (χ1v) is 13.2.